The van der Waals surface area contributed by atoms with Crippen molar-refractivity contribution in [3.8, 4) is 5.75 Å². The van der Waals surface area contributed by atoms with Crippen molar-refractivity contribution >= 4 is 16.8 Å². The Morgan fingerprint density at radius 2 is 1.71 bits per heavy atom. The summed E-state index contributed by atoms with van der Waals surface area (Å²) in [6, 6.07) is 25.2. The minimum absolute atomic E-state index is 0.00932. The molecule has 1 aliphatic rings. The molecule has 0 radical (unpaired) electrons. The minimum Gasteiger partial charge on any atom is -0.484 e. The van der Waals surface area contributed by atoms with E-state index in [0.717, 1.165) is 17.0 Å². The van der Waals surface area contributed by atoms with Crippen LogP contribution in [0.1, 0.15) is 36.8 Å². The number of carbonyl (C=O) groups excluding carboxylic acids is 1. The second-order valence-corrected chi connectivity index (χ2v) is 10.1. The van der Waals surface area contributed by atoms with Gasteiger partial charge < -0.3 is 9.64 Å². The third-order valence-electron chi connectivity index (χ3n) is 7.36. The lowest BCUT2D eigenvalue weighted by Crippen LogP contribution is -2.55. The van der Waals surface area contributed by atoms with Crippen molar-refractivity contribution in [1.29, 1.82) is 0 Å². The molecule has 1 aliphatic heterocycles. The van der Waals surface area contributed by atoms with Gasteiger partial charge in [0.1, 0.15) is 11.6 Å². The molecule has 0 bridgehead atoms. The van der Waals surface area contributed by atoms with Crippen LogP contribution in [-0.4, -0.2) is 57.5 Å². The molecule has 196 valence electrons. The molecule has 3 aromatic carbocycles. The number of rotatable bonds is 7. The maximum Gasteiger partial charge on any atom is 0.261 e. The third kappa shape index (κ3) is 5.48. The number of hydrogen-bond donors (Lipinski definition) is 0. The van der Waals surface area contributed by atoms with Gasteiger partial charge in [-0.1, -0.05) is 60.2 Å². The lowest BCUT2D eigenvalue weighted by Gasteiger charge is -2.42. The van der Waals surface area contributed by atoms with E-state index >= 15 is 0 Å². The predicted octanol–water partition coefficient (Wildman–Crippen LogP) is 4.43. The normalized spacial score (nSPS) is 16.9. The molecule has 1 fully saturated rings. The van der Waals surface area contributed by atoms with Crippen LogP contribution in [0, 0.1) is 6.92 Å². The zero-order valence-electron chi connectivity index (χ0n) is 22.2. The van der Waals surface area contributed by atoms with Crippen molar-refractivity contribution in [2.24, 2.45) is 0 Å². The molecule has 7 nitrogen and oxygen atoms in total. The highest BCUT2D eigenvalue weighted by molar-refractivity contribution is 5.78. The Hall–Kier alpha value is -3.97. The smallest absolute Gasteiger partial charge is 0.261 e. The van der Waals surface area contributed by atoms with Gasteiger partial charge in [0.05, 0.1) is 23.5 Å². The average molecular weight is 511 g/mol. The lowest BCUT2D eigenvalue weighted by atomic mass is 10.1. The van der Waals surface area contributed by atoms with E-state index in [2.05, 4.69) is 18.7 Å². The van der Waals surface area contributed by atoms with Crippen molar-refractivity contribution in [2.75, 3.05) is 26.2 Å². The Labute approximate surface area is 223 Å². The van der Waals surface area contributed by atoms with Gasteiger partial charge in [-0.15, -0.1) is 0 Å². The summed E-state index contributed by atoms with van der Waals surface area (Å²) in [6.07, 6.45) is 0. The van der Waals surface area contributed by atoms with E-state index in [-0.39, 0.29) is 30.2 Å². The Bertz CT molecular complexity index is 1470. The SMILES string of the molecule is Cc1ccc(OCC(=O)N2CCN(C(C)c3nc4ccccc4c(=O)n3Cc3ccccc3)CC2C)cc1. The number of aromatic nitrogens is 2. The molecule has 38 heavy (non-hydrogen) atoms. The Morgan fingerprint density at radius 3 is 2.45 bits per heavy atom. The average Bonchev–Trinajstić information content (AvgIpc) is 2.94. The molecule has 1 aromatic heterocycles. The summed E-state index contributed by atoms with van der Waals surface area (Å²) in [6.45, 7) is 8.63. The highest BCUT2D eigenvalue weighted by Crippen LogP contribution is 2.24. The number of nitrogens with zero attached hydrogens (tertiary/aromatic N) is 4. The number of hydrogen-bond acceptors (Lipinski definition) is 5. The van der Waals surface area contributed by atoms with E-state index < -0.39 is 0 Å². The monoisotopic (exact) mass is 510 g/mol. The first-order valence-corrected chi connectivity index (χ1v) is 13.2. The summed E-state index contributed by atoms with van der Waals surface area (Å²) in [5.41, 5.74) is 2.88. The van der Waals surface area contributed by atoms with E-state index in [1.54, 1.807) is 4.57 Å². The van der Waals surface area contributed by atoms with Crippen LogP contribution >= 0.6 is 0 Å². The van der Waals surface area contributed by atoms with Gasteiger partial charge in [0.2, 0.25) is 0 Å². The molecule has 0 spiro atoms. The van der Waals surface area contributed by atoms with Crippen molar-refractivity contribution < 1.29 is 9.53 Å². The molecule has 2 atom stereocenters. The largest absolute Gasteiger partial charge is 0.484 e. The zero-order chi connectivity index (χ0) is 26.6. The number of piperazine rings is 1. The van der Waals surface area contributed by atoms with Crippen LogP contribution in [0.2, 0.25) is 0 Å². The van der Waals surface area contributed by atoms with Gasteiger partial charge in [0.25, 0.3) is 11.5 Å². The predicted molar refractivity (Wildman–Crippen MR) is 149 cm³/mol. The van der Waals surface area contributed by atoms with Crippen LogP contribution in [0.15, 0.2) is 83.7 Å². The van der Waals surface area contributed by atoms with Crippen LogP contribution in [0.3, 0.4) is 0 Å². The summed E-state index contributed by atoms with van der Waals surface area (Å²) < 4.78 is 7.55. The standard InChI is InChI=1S/C31H34N4O3/c1-22-13-15-26(16-14-22)38-21-29(36)34-18-17-33(19-23(34)2)24(3)30-32-28-12-8-7-11-27(28)31(37)35(30)20-25-9-5-4-6-10-25/h4-16,23-24H,17-21H2,1-3H3. The van der Waals surface area contributed by atoms with Crippen molar-refractivity contribution in [1.82, 2.24) is 19.4 Å². The summed E-state index contributed by atoms with van der Waals surface area (Å²) in [4.78, 5) is 35.7. The maximum absolute atomic E-state index is 13.6. The van der Waals surface area contributed by atoms with E-state index in [4.69, 9.17) is 9.72 Å². The maximum atomic E-state index is 13.6. The van der Waals surface area contributed by atoms with Gasteiger partial charge in [0.15, 0.2) is 6.61 Å². The Morgan fingerprint density at radius 1 is 1.00 bits per heavy atom. The quantitative estimate of drug-likeness (QED) is 0.368. The second kappa shape index (κ2) is 11.2. The molecule has 7 heteroatoms. The summed E-state index contributed by atoms with van der Waals surface area (Å²) in [5, 5.41) is 0.622. The second-order valence-electron chi connectivity index (χ2n) is 10.1. The molecule has 4 aromatic rings. The first-order valence-electron chi connectivity index (χ1n) is 13.2. The molecule has 1 amide bonds. The van der Waals surface area contributed by atoms with Gasteiger partial charge in [-0.05, 0) is 50.6 Å². The topological polar surface area (TPSA) is 67.7 Å². The molecular weight excluding hydrogens is 476 g/mol. The number of fused-ring (bicyclic) bond motifs is 1. The fourth-order valence-corrected chi connectivity index (χ4v) is 5.16. The fourth-order valence-electron chi connectivity index (χ4n) is 5.16. The first kappa shape index (κ1) is 25.7. The summed E-state index contributed by atoms with van der Waals surface area (Å²) >= 11 is 0. The first-order chi connectivity index (χ1) is 18.4. The van der Waals surface area contributed by atoms with Gasteiger partial charge in [-0.2, -0.15) is 0 Å². The number of para-hydroxylation sites is 1. The molecule has 5 rings (SSSR count). The molecule has 2 unspecified atom stereocenters. The van der Waals surface area contributed by atoms with Crippen molar-refractivity contribution in [3.63, 3.8) is 0 Å². The number of ether oxygens (including phenoxy) is 1. The van der Waals surface area contributed by atoms with Crippen LogP contribution < -0.4 is 10.3 Å². The summed E-state index contributed by atoms with van der Waals surface area (Å²) in [7, 11) is 0. The molecule has 1 saturated heterocycles. The summed E-state index contributed by atoms with van der Waals surface area (Å²) in [5.74, 6) is 1.42. The van der Waals surface area contributed by atoms with E-state index in [0.29, 0.717) is 42.8 Å². The van der Waals surface area contributed by atoms with E-state index in [1.165, 1.54) is 0 Å². The van der Waals surface area contributed by atoms with Crippen LogP contribution in [0.5, 0.6) is 5.75 Å². The highest BCUT2D eigenvalue weighted by Gasteiger charge is 2.32. The highest BCUT2D eigenvalue weighted by atomic mass is 16.5. The number of carbonyl (C=O) groups is 1. The van der Waals surface area contributed by atoms with Gasteiger partial charge in [-0.25, -0.2) is 4.98 Å². The van der Waals surface area contributed by atoms with E-state index in [1.807, 2.05) is 90.7 Å². The lowest BCUT2D eigenvalue weighted by molar-refractivity contribution is -0.138. The number of amides is 1. The van der Waals surface area contributed by atoms with Gasteiger partial charge >= 0.3 is 0 Å². The fraction of sp³-hybridized carbons (Fsp3) is 0.323. The molecule has 0 saturated carbocycles. The zero-order valence-corrected chi connectivity index (χ0v) is 22.2. The molecule has 0 N–H and O–H groups in total. The van der Waals surface area contributed by atoms with Crippen molar-refractivity contribution in [3.05, 3.63) is 106 Å². The van der Waals surface area contributed by atoms with Crippen LogP contribution in [0.4, 0.5) is 0 Å². The third-order valence-corrected chi connectivity index (χ3v) is 7.36. The minimum atomic E-state index is -0.0977. The molecular formula is C31H34N4O3. The number of benzene rings is 3. The van der Waals surface area contributed by atoms with Crippen LogP contribution in [-0.2, 0) is 11.3 Å². The van der Waals surface area contributed by atoms with Crippen molar-refractivity contribution in [2.45, 2.75) is 39.4 Å². The molecule has 0 aliphatic carbocycles. The van der Waals surface area contributed by atoms with Crippen LogP contribution in [0.25, 0.3) is 10.9 Å². The van der Waals surface area contributed by atoms with Gasteiger partial charge in [-0.3, -0.25) is 19.1 Å². The Balaban J connectivity index is 1.33. The Kier molecular flexibility index (Phi) is 7.56. The van der Waals surface area contributed by atoms with E-state index in [9.17, 15) is 9.59 Å². The van der Waals surface area contributed by atoms with Gasteiger partial charge in [0, 0.05) is 25.7 Å². The number of aryl methyl sites for hydroxylation is 1. The molecule has 2 heterocycles.